The highest BCUT2D eigenvalue weighted by Gasteiger charge is 2.22. The summed E-state index contributed by atoms with van der Waals surface area (Å²) in [5.74, 6) is -1.67. The van der Waals surface area contributed by atoms with E-state index in [1.54, 1.807) is 20.8 Å². The number of hydrogen-bond donors (Lipinski definition) is 2. The quantitative estimate of drug-likeness (QED) is 0.883. The minimum absolute atomic E-state index is 0.0935. The molecule has 0 unspecified atom stereocenters. The Hall–Kier alpha value is -2.48. The molecule has 0 atom stereocenters. The van der Waals surface area contributed by atoms with Crippen LogP contribution in [0.5, 0.6) is 0 Å². The van der Waals surface area contributed by atoms with E-state index in [-0.39, 0.29) is 10.8 Å². The highest BCUT2D eigenvalue weighted by Crippen LogP contribution is 2.33. The van der Waals surface area contributed by atoms with Crippen molar-refractivity contribution in [1.82, 2.24) is 4.98 Å². The smallest absolute Gasteiger partial charge is 0.413 e. The van der Waals surface area contributed by atoms with Gasteiger partial charge in [-0.25, -0.2) is 19.0 Å². The Balaban J connectivity index is 2.30. The molecule has 122 valence electrons. The van der Waals surface area contributed by atoms with Crippen molar-refractivity contribution in [3.8, 4) is 10.4 Å². The van der Waals surface area contributed by atoms with E-state index in [9.17, 15) is 19.1 Å². The minimum Gasteiger partial charge on any atom is -0.476 e. The molecule has 0 aliphatic rings. The van der Waals surface area contributed by atoms with Crippen LogP contribution >= 0.6 is 11.3 Å². The van der Waals surface area contributed by atoms with Crippen LogP contribution in [0.3, 0.4) is 0 Å². The standard InChI is InChI=1S/C15H15FN2O4S/c1-15(2,3)22-14(21)18-13-17-10(12(19)20)11(23-13)8-4-6-9(16)7-5-8/h4-7H,1-3H3,(H,19,20)(H,17,18,21). The van der Waals surface area contributed by atoms with Crippen molar-refractivity contribution in [1.29, 1.82) is 0 Å². The SMILES string of the molecule is CC(C)(C)OC(=O)Nc1nc(C(=O)O)c(-c2ccc(F)cc2)s1. The Morgan fingerprint density at radius 3 is 2.39 bits per heavy atom. The molecule has 6 nitrogen and oxygen atoms in total. The zero-order valence-corrected chi connectivity index (χ0v) is 13.5. The van der Waals surface area contributed by atoms with Gasteiger partial charge in [-0.3, -0.25) is 5.32 Å². The van der Waals surface area contributed by atoms with Gasteiger partial charge in [-0.15, -0.1) is 0 Å². The van der Waals surface area contributed by atoms with E-state index >= 15 is 0 Å². The molecule has 0 saturated heterocycles. The molecule has 2 N–H and O–H groups in total. The molecule has 2 aromatic rings. The van der Waals surface area contributed by atoms with Gasteiger partial charge in [-0.05, 0) is 38.5 Å². The summed E-state index contributed by atoms with van der Waals surface area (Å²) >= 11 is 0.975. The maximum absolute atomic E-state index is 13.0. The number of halogens is 1. The fraction of sp³-hybridized carbons (Fsp3) is 0.267. The average molecular weight is 338 g/mol. The number of nitrogens with zero attached hydrogens (tertiary/aromatic N) is 1. The van der Waals surface area contributed by atoms with E-state index in [0.29, 0.717) is 10.4 Å². The Morgan fingerprint density at radius 2 is 1.87 bits per heavy atom. The topological polar surface area (TPSA) is 88.5 Å². The molecular formula is C15H15FN2O4S. The predicted molar refractivity (Wildman–Crippen MR) is 84.3 cm³/mol. The van der Waals surface area contributed by atoms with Gasteiger partial charge in [0.25, 0.3) is 0 Å². The molecule has 0 aliphatic carbocycles. The molecule has 0 fully saturated rings. The number of amides is 1. The maximum Gasteiger partial charge on any atom is 0.413 e. The molecule has 0 saturated carbocycles. The summed E-state index contributed by atoms with van der Waals surface area (Å²) < 4.78 is 18.1. The number of rotatable bonds is 3. The molecule has 2 rings (SSSR count). The van der Waals surface area contributed by atoms with Gasteiger partial charge >= 0.3 is 12.1 Å². The lowest BCUT2D eigenvalue weighted by molar-refractivity contribution is 0.0632. The molecule has 1 aromatic heterocycles. The number of carboxylic acid groups (broad SMARTS) is 1. The van der Waals surface area contributed by atoms with Crippen LogP contribution in [0.15, 0.2) is 24.3 Å². The number of hydrogen-bond acceptors (Lipinski definition) is 5. The predicted octanol–water partition coefficient (Wildman–Crippen LogP) is 3.99. The summed E-state index contributed by atoms with van der Waals surface area (Å²) in [6, 6.07) is 5.35. The third-order valence-corrected chi connectivity index (χ3v) is 3.56. The molecule has 1 amide bonds. The van der Waals surface area contributed by atoms with Crippen LogP contribution in [0.1, 0.15) is 31.3 Å². The average Bonchev–Trinajstić information content (AvgIpc) is 2.81. The number of aromatic nitrogens is 1. The lowest BCUT2D eigenvalue weighted by Gasteiger charge is -2.18. The van der Waals surface area contributed by atoms with Crippen molar-refractivity contribution < 1.29 is 23.8 Å². The normalized spacial score (nSPS) is 11.1. The number of aromatic carboxylic acids is 1. The first-order valence-corrected chi connectivity index (χ1v) is 7.47. The second-order valence-electron chi connectivity index (χ2n) is 5.64. The number of nitrogens with one attached hydrogen (secondary N) is 1. The Kier molecular flexibility index (Phi) is 4.65. The van der Waals surface area contributed by atoms with Crippen molar-refractivity contribution in [2.75, 3.05) is 5.32 Å². The highest BCUT2D eigenvalue weighted by molar-refractivity contribution is 7.19. The number of thiazole rings is 1. The van der Waals surface area contributed by atoms with Crippen LogP contribution in [0.25, 0.3) is 10.4 Å². The molecular weight excluding hydrogens is 323 g/mol. The fourth-order valence-electron chi connectivity index (χ4n) is 1.71. The second kappa shape index (κ2) is 6.33. The zero-order valence-electron chi connectivity index (χ0n) is 12.7. The molecule has 1 heterocycles. The van der Waals surface area contributed by atoms with E-state index in [0.717, 1.165) is 11.3 Å². The Labute approximate surface area is 135 Å². The van der Waals surface area contributed by atoms with Crippen molar-refractivity contribution in [3.63, 3.8) is 0 Å². The Bertz CT molecular complexity index is 735. The number of ether oxygens (including phenoxy) is 1. The first kappa shape index (κ1) is 16.9. The van der Waals surface area contributed by atoms with Crippen molar-refractivity contribution in [2.24, 2.45) is 0 Å². The molecule has 8 heteroatoms. The lowest BCUT2D eigenvalue weighted by Crippen LogP contribution is -2.27. The van der Waals surface area contributed by atoms with Gasteiger partial charge < -0.3 is 9.84 Å². The number of anilines is 1. The van der Waals surface area contributed by atoms with E-state index < -0.39 is 23.5 Å². The summed E-state index contributed by atoms with van der Waals surface area (Å²) in [7, 11) is 0. The molecule has 0 aliphatic heterocycles. The molecule has 0 radical (unpaired) electrons. The van der Waals surface area contributed by atoms with Gasteiger partial charge in [0.15, 0.2) is 10.8 Å². The highest BCUT2D eigenvalue weighted by atomic mass is 32.1. The largest absolute Gasteiger partial charge is 0.476 e. The van der Waals surface area contributed by atoms with Gasteiger partial charge in [0, 0.05) is 0 Å². The third kappa shape index (κ3) is 4.49. The molecule has 0 spiro atoms. The van der Waals surface area contributed by atoms with Gasteiger partial charge in [0.05, 0.1) is 4.88 Å². The lowest BCUT2D eigenvalue weighted by atomic mass is 10.1. The van der Waals surface area contributed by atoms with Crippen molar-refractivity contribution in [3.05, 3.63) is 35.8 Å². The van der Waals surface area contributed by atoms with E-state index in [4.69, 9.17) is 4.74 Å². The van der Waals surface area contributed by atoms with E-state index in [1.165, 1.54) is 24.3 Å². The van der Waals surface area contributed by atoms with Gasteiger partial charge in [0.2, 0.25) is 0 Å². The van der Waals surface area contributed by atoms with Crippen LogP contribution in [0.2, 0.25) is 0 Å². The number of carbonyl (C=O) groups excluding carboxylic acids is 1. The monoisotopic (exact) mass is 338 g/mol. The third-order valence-electron chi connectivity index (χ3n) is 2.54. The van der Waals surface area contributed by atoms with Crippen molar-refractivity contribution >= 4 is 28.5 Å². The number of carboxylic acids is 1. The molecule has 23 heavy (non-hydrogen) atoms. The molecule has 1 aromatic carbocycles. The summed E-state index contributed by atoms with van der Waals surface area (Å²) in [5.41, 5.74) is -0.400. The number of carbonyl (C=O) groups is 2. The van der Waals surface area contributed by atoms with Gasteiger partial charge in [-0.2, -0.15) is 0 Å². The van der Waals surface area contributed by atoms with Crippen molar-refractivity contribution in [2.45, 2.75) is 26.4 Å². The van der Waals surface area contributed by atoms with Crippen LogP contribution in [0.4, 0.5) is 14.3 Å². The Morgan fingerprint density at radius 1 is 1.26 bits per heavy atom. The summed E-state index contributed by atoms with van der Waals surface area (Å²) in [6.07, 6.45) is -0.728. The van der Waals surface area contributed by atoms with Crippen LogP contribution < -0.4 is 5.32 Å². The van der Waals surface area contributed by atoms with Gasteiger partial charge in [-0.1, -0.05) is 23.5 Å². The fourth-order valence-corrected chi connectivity index (χ4v) is 2.65. The summed E-state index contributed by atoms with van der Waals surface area (Å²) in [4.78, 5) is 27.3. The van der Waals surface area contributed by atoms with Crippen LogP contribution in [-0.4, -0.2) is 27.8 Å². The van der Waals surface area contributed by atoms with Crippen LogP contribution in [-0.2, 0) is 4.74 Å². The number of benzene rings is 1. The van der Waals surface area contributed by atoms with Crippen LogP contribution in [0, 0.1) is 5.82 Å². The first-order valence-electron chi connectivity index (χ1n) is 6.66. The first-order chi connectivity index (χ1) is 10.7. The minimum atomic E-state index is -1.24. The van der Waals surface area contributed by atoms with E-state index in [2.05, 4.69) is 10.3 Å². The zero-order chi connectivity index (χ0) is 17.2. The summed E-state index contributed by atoms with van der Waals surface area (Å²) in [6.45, 7) is 5.13. The second-order valence-corrected chi connectivity index (χ2v) is 6.63. The molecule has 0 bridgehead atoms. The summed E-state index contributed by atoms with van der Waals surface area (Å²) in [5, 5.41) is 11.7. The van der Waals surface area contributed by atoms with E-state index in [1.807, 2.05) is 0 Å². The maximum atomic E-state index is 13.0. The van der Waals surface area contributed by atoms with Gasteiger partial charge in [0.1, 0.15) is 11.4 Å².